The van der Waals surface area contributed by atoms with Crippen molar-refractivity contribution in [3.8, 4) is 0 Å². The van der Waals surface area contributed by atoms with Crippen molar-refractivity contribution >= 4 is 58.0 Å². The molecule has 0 bridgehead atoms. The number of nitroso groups, excluding NO2 is 1. The second-order valence-electron chi connectivity index (χ2n) is 4.30. The number of hydrogen-bond donors (Lipinski definition) is 2. The summed E-state index contributed by atoms with van der Waals surface area (Å²) >= 11 is 6.00. The molecule has 2 aliphatic rings. The molecule has 2 heterocycles. The standard InChI is InChI=1S/C6H9N4O.C6H8N4O.2BrH.Ni/c2*1-4-8-5(2)10-6(9-4)3-7-11;;;/h3,6H,1-2H3,(H-,8,9,10,11);3H,1-2H3,(H,8,9,10);2*1H;/q-1;;;;+3/p-2/b7-3+;;;;. The van der Waals surface area contributed by atoms with Crippen LogP contribution in [0.4, 0.5) is 0 Å². The van der Waals surface area contributed by atoms with E-state index in [2.05, 4.69) is 69.4 Å². The van der Waals surface area contributed by atoms with E-state index in [-0.39, 0.29) is 0 Å². The minimum atomic E-state index is -0.405. The van der Waals surface area contributed by atoms with Crippen molar-refractivity contribution in [1.82, 2.24) is 5.32 Å². The number of nitrogens with one attached hydrogen (secondary N) is 1. The third-order valence-electron chi connectivity index (χ3n) is 2.26. The zero-order valence-electron chi connectivity index (χ0n) is 13.8. The molecule has 0 radical (unpaired) electrons. The normalized spacial score (nSPS) is 18.8. The van der Waals surface area contributed by atoms with E-state index in [1.165, 1.54) is 17.1 Å². The number of nitrogens with zero attached hydrogens (tertiary/aromatic N) is 7. The molecule has 13 heteroatoms. The zero-order valence-corrected chi connectivity index (χ0v) is 17.9. The Morgan fingerprint density at radius 2 is 1.76 bits per heavy atom. The molecule has 0 spiro atoms. The first-order valence-corrected chi connectivity index (χ1v) is 11.4. The van der Waals surface area contributed by atoms with Gasteiger partial charge in [0.1, 0.15) is 17.9 Å². The number of hydrogen-bond acceptors (Lipinski definition) is 9. The Morgan fingerprint density at radius 1 is 1.20 bits per heavy atom. The maximum absolute atomic E-state index is 9.80. The number of oxime groups is 1. The van der Waals surface area contributed by atoms with Crippen molar-refractivity contribution in [2.75, 3.05) is 0 Å². The van der Waals surface area contributed by atoms with Crippen molar-refractivity contribution in [3.63, 3.8) is 0 Å². The van der Waals surface area contributed by atoms with Crippen LogP contribution in [0.2, 0.25) is 0 Å². The van der Waals surface area contributed by atoms with Crippen molar-refractivity contribution in [2.45, 2.75) is 33.9 Å². The first-order chi connectivity index (χ1) is 11.9. The van der Waals surface area contributed by atoms with E-state index in [0.717, 1.165) is 6.20 Å². The van der Waals surface area contributed by atoms with E-state index in [4.69, 9.17) is 5.21 Å². The van der Waals surface area contributed by atoms with E-state index < -0.39 is 6.17 Å². The molecule has 2 aliphatic heterocycles. The van der Waals surface area contributed by atoms with Gasteiger partial charge in [0, 0.05) is 5.84 Å². The van der Waals surface area contributed by atoms with Crippen LogP contribution in [0.5, 0.6) is 0 Å². The molecular weight excluding hydrogens is 507 g/mol. The van der Waals surface area contributed by atoms with Crippen LogP contribution in [0.3, 0.4) is 0 Å². The summed E-state index contributed by atoms with van der Waals surface area (Å²) in [6.07, 6.45) is 1.92. The molecule has 1 unspecified atom stereocenters. The molecule has 0 amide bonds. The molecule has 0 aromatic heterocycles. The van der Waals surface area contributed by atoms with Crippen molar-refractivity contribution in [1.29, 1.82) is 0 Å². The van der Waals surface area contributed by atoms with Crippen LogP contribution in [0.25, 0.3) is 5.32 Å². The molecular formula is C12H17Br2N8NiO2. The molecule has 0 saturated heterocycles. The Hall–Kier alpha value is -1.46. The second kappa shape index (κ2) is 13.8. The van der Waals surface area contributed by atoms with Gasteiger partial charge in [0.15, 0.2) is 5.82 Å². The van der Waals surface area contributed by atoms with Crippen molar-refractivity contribution in [3.05, 3.63) is 22.2 Å². The average Bonchev–Trinajstić information content (AvgIpc) is 2.47. The van der Waals surface area contributed by atoms with Gasteiger partial charge in [-0.05, 0) is 32.9 Å². The van der Waals surface area contributed by atoms with Gasteiger partial charge in [0.05, 0.1) is 12.4 Å². The molecule has 0 aromatic carbocycles. The van der Waals surface area contributed by atoms with Gasteiger partial charge in [-0.25, -0.2) is 9.98 Å². The first-order valence-electron chi connectivity index (χ1n) is 6.57. The van der Waals surface area contributed by atoms with E-state index in [1.807, 2.05) is 0 Å². The van der Waals surface area contributed by atoms with Crippen LogP contribution in [0, 0.1) is 4.91 Å². The van der Waals surface area contributed by atoms with Crippen LogP contribution in [-0.2, 0) is 10.9 Å². The predicted molar refractivity (Wildman–Crippen MR) is 105 cm³/mol. The first kappa shape index (κ1) is 23.5. The van der Waals surface area contributed by atoms with Gasteiger partial charge in [-0.1, -0.05) is 11.0 Å². The fraction of sp³-hybridized carbons (Fsp3) is 0.417. The molecule has 0 saturated carbocycles. The summed E-state index contributed by atoms with van der Waals surface area (Å²) in [5.41, 5.74) is 0. The number of amidine groups is 4. The zero-order chi connectivity index (χ0) is 19.2. The van der Waals surface area contributed by atoms with E-state index in [1.54, 1.807) is 27.7 Å². The van der Waals surface area contributed by atoms with Crippen LogP contribution in [-0.4, -0.2) is 40.9 Å². The molecule has 0 aliphatic carbocycles. The third kappa shape index (κ3) is 11.7. The monoisotopic (exact) mass is 521 g/mol. The van der Waals surface area contributed by atoms with Gasteiger partial charge in [-0.15, -0.1) is 4.91 Å². The number of rotatable bonds is 2. The van der Waals surface area contributed by atoms with Gasteiger partial charge in [-0.3, -0.25) is 4.99 Å². The van der Waals surface area contributed by atoms with Crippen LogP contribution < -0.4 is 5.32 Å². The second-order valence-corrected chi connectivity index (χ2v) is 9.28. The molecule has 2 rings (SSSR count). The van der Waals surface area contributed by atoms with E-state index in [9.17, 15) is 4.91 Å². The molecule has 1 atom stereocenters. The van der Waals surface area contributed by atoms with Crippen molar-refractivity contribution < 1.29 is 16.1 Å². The number of halogens is 2. The molecule has 0 fully saturated rings. The Kier molecular flexibility index (Phi) is 13.0. The van der Waals surface area contributed by atoms with Crippen LogP contribution in [0.1, 0.15) is 27.7 Å². The molecule has 141 valence electrons. The number of aliphatic imine (C=N–C) groups is 4. The fourth-order valence-corrected chi connectivity index (χ4v) is 1.62. The summed E-state index contributed by atoms with van der Waals surface area (Å²) in [5.74, 6) is 3.08. The maximum atomic E-state index is 9.80. The van der Waals surface area contributed by atoms with Crippen LogP contribution >= 0.6 is 28.5 Å². The predicted octanol–water partition coefficient (Wildman–Crippen LogP) is 3.68. The third-order valence-corrected chi connectivity index (χ3v) is 2.26. The van der Waals surface area contributed by atoms with Crippen molar-refractivity contribution in [2.24, 2.45) is 30.3 Å². The summed E-state index contributed by atoms with van der Waals surface area (Å²) in [4.78, 5) is 25.6. The Labute approximate surface area is 165 Å². The van der Waals surface area contributed by atoms with Gasteiger partial charge in [0.2, 0.25) is 0 Å². The molecule has 10 nitrogen and oxygen atoms in total. The summed E-state index contributed by atoms with van der Waals surface area (Å²) in [6.45, 7) is 7.13. The summed E-state index contributed by atoms with van der Waals surface area (Å²) < 4.78 is 0. The SMILES string of the molecule is CC1=NC(/C=N/O)[N-]C(C)=N1.CC1=NC(=CN=O)N=C(C)N1.[Br][Ni+][Br]. The van der Waals surface area contributed by atoms with Gasteiger partial charge in [-0.2, -0.15) is 0 Å². The minimum absolute atomic E-state index is 0.341. The molecule has 0 aromatic rings. The topological polar surface area (TPSA) is 138 Å². The van der Waals surface area contributed by atoms with Crippen LogP contribution in [0.15, 0.2) is 42.3 Å². The Morgan fingerprint density at radius 3 is 2.20 bits per heavy atom. The van der Waals surface area contributed by atoms with E-state index in [0.29, 0.717) is 29.2 Å². The molecule has 2 N–H and O–H groups in total. The summed E-state index contributed by atoms with van der Waals surface area (Å²) in [5, 5.41) is 20.5. The van der Waals surface area contributed by atoms with E-state index >= 15 is 0 Å². The molecule has 25 heavy (non-hydrogen) atoms. The average molecular weight is 524 g/mol. The fourth-order valence-electron chi connectivity index (χ4n) is 1.62. The van der Waals surface area contributed by atoms with Gasteiger partial charge < -0.3 is 20.8 Å². The van der Waals surface area contributed by atoms with Gasteiger partial charge >= 0.3 is 39.3 Å². The quantitative estimate of drug-likeness (QED) is 0.188. The summed E-state index contributed by atoms with van der Waals surface area (Å²) in [6, 6.07) is 0. The summed E-state index contributed by atoms with van der Waals surface area (Å²) in [7, 11) is 1.25. The van der Waals surface area contributed by atoms with Gasteiger partial charge in [0.25, 0.3) is 0 Å². The Balaban J connectivity index is 0.000000399. The Bertz CT molecular complexity index is 611.